The van der Waals surface area contributed by atoms with E-state index >= 15 is 0 Å². The molecule has 8 heteroatoms. The number of hydrogen-bond acceptors (Lipinski definition) is 6. The molecule has 0 amide bonds. The van der Waals surface area contributed by atoms with Gasteiger partial charge in [0.15, 0.2) is 11.6 Å². The van der Waals surface area contributed by atoms with Gasteiger partial charge in [0.2, 0.25) is 0 Å². The number of carbonyl (C=O) groups is 2. The van der Waals surface area contributed by atoms with Crippen LogP contribution < -0.4 is 0 Å². The van der Waals surface area contributed by atoms with Gasteiger partial charge in [0.05, 0.1) is 0 Å². The predicted molar refractivity (Wildman–Crippen MR) is 57.2 cm³/mol. The van der Waals surface area contributed by atoms with Crippen LogP contribution in [0.2, 0.25) is 0 Å². The van der Waals surface area contributed by atoms with Crippen molar-refractivity contribution in [2.75, 3.05) is 0 Å². The average molecular weight is 324 g/mol. The van der Waals surface area contributed by atoms with Crippen molar-refractivity contribution < 1.29 is 44.2 Å². The van der Waals surface area contributed by atoms with E-state index < -0.39 is 10.4 Å². The third-order valence-electron chi connectivity index (χ3n) is 1.76. The van der Waals surface area contributed by atoms with E-state index in [-0.39, 0.29) is 34.1 Å². The van der Waals surface area contributed by atoms with E-state index in [9.17, 15) is 9.59 Å². The fourth-order valence-corrected chi connectivity index (χ4v) is 1.10. The van der Waals surface area contributed by atoms with Gasteiger partial charge in [-0.2, -0.15) is 0 Å². The molecule has 105 valence electrons. The molecule has 0 aromatic rings. The molecule has 1 aliphatic carbocycles. The van der Waals surface area contributed by atoms with Gasteiger partial charge in [-0.3, -0.25) is 18.0 Å². The Labute approximate surface area is 116 Å². The Morgan fingerprint density at radius 1 is 1.06 bits per heavy atom. The molecule has 0 atom stereocenters. The maximum atomic E-state index is 11.3. The second-order valence-electron chi connectivity index (χ2n) is 4.32. The summed E-state index contributed by atoms with van der Waals surface area (Å²) in [5.41, 5.74) is 0.354. The fourth-order valence-electron chi connectivity index (χ4n) is 1.10. The van der Waals surface area contributed by atoms with Gasteiger partial charge in [-0.15, -0.1) is 0 Å². The number of hydrogen-bond donors (Lipinski definition) is 0. The first-order chi connectivity index (χ1) is 7.41. The van der Waals surface area contributed by atoms with Crippen LogP contribution in [0, 0.1) is 5.41 Å². The maximum absolute atomic E-state index is 11.3. The zero-order valence-corrected chi connectivity index (χ0v) is 11.6. The fraction of sp³-hybridized carbons (Fsp3) is 0.400. The van der Waals surface area contributed by atoms with Crippen molar-refractivity contribution in [2.45, 2.75) is 20.8 Å². The van der Waals surface area contributed by atoms with Crippen molar-refractivity contribution in [1.82, 2.24) is 0 Å². The minimum Gasteiger partial charge on any atom is -0.759 e. The first kappa shape index (κ1) is 19.5. The van der Waals surface area contributed by atoms with Crippen molar-refractivity contribution in [1.29, 1.82) is 0 Å². The summed E-state index contributed by atoms with van der Waals surface area (Å²) >= 11 is 0. The molecule has 0 aromatic carbocycles. The molecule has 0 bridgehead atoms. The van der Waals surface area contributed by atoms with E-state index in [4.69, 9.17) is 17.5 Å². The van der Waals surface area contributed by atoms with Gasteiger partial charge in [-0.25, -0.2) is 0 Å². The molecule has 0 N–H and O–H groups in total. The Hall–Kier alpha value is -0.791. The Balaban J connectivity index is 0. The van der Waals surface area contributed by atoms with Crippen LogP contribution >= 0.6 is 0 Å². The van der Waals surface area contributed by atoms with Crippen LogP contribution in [0.25, 0.3) is 0 Å². The van der Waals surface area contributed by atoms with Crippen LogP contribution in [0.4, 0.5) is 0 Å². The maximum Gasteiger partial charge on any atom is 2.00 e. The zero-order valence-electron chi connectivity index (χ0n) is 9.89. The molecule has 18 heavy (non-hydrogen) atoms. The quantitative estimate of drug-likeness (QED) is 0.274. The summed E-state index contributed by atoms with van der Waals surface area (Å²) in [6, 6.07) is 0. The number of rotatable bonds is 0. The van der Waals surface area contributed by atoms with Gasteiger partial charge >= 0.3 is 17.1 Å². The van der Waals surface area contributed by atoms with Gasteiger partial charge in [0.25, 0.3) is 0 Å². The Bertz CT molecular complexity index is 473. The molecule has 1 radical (unpaired) electrons. The zero-order chi connectivity index (χ0) is 13.9. The molecule has 0 aromatic heterocycles. The van der Waals surface area contributed by atoms with Crippen LogP contribution in [0.1, 0.15) is 20.8 Å². The average Bonchev–Trinajstić information content (AvgIpc) is 2.04. The van der Waals surface area contributed by atoms with Crippen LogP contribution in [0.3, 0.4) is 0 Å². The third-order valence-corrected chi connectivity index (χ3v) is 1.76. The van der Waals surface area contributed by atoms with Crippen LogP contribution in [0.5, 0.6) is 0 Å². The SMILES string of the molecule is CC(C)(C)C1=CC(=O)C=CC1=O.O=S(=O)([O-])[O-].[Cu+2]. The molecule has 0 saturated carbocycles. The smallest absolute Gasteiger partial charge is 0.759 e. The van der Waals surface area contributed by atoms with Gasteiger partial charge < -0.3 is 9.11 Å². The minimum atomic E-state index is -5.17. The summed E-state index contributed by atoms with van der Waals surface area (Å²) in [4.78, 5) is 22.2. The van der Waals surface area contributed by atoms with Gasteiger partial charge in [-0.1, -0.05) is 20.8 Å². The summed E-state index contributed by atoms with van der Waals surface area (Å²) in [5, 5.41) is 0. The largest absolute Gasteiger partial charge is 2.00 e. The molecule has 0 fully saturated rings. The summed E-state index contributed by atoms with van der Waals surface area (Å²) in [6.45, 7) is 5.76. The predicted octanol–water partition coefficient (Wildman–Crippen LogP) is 0.326. The molecular formula is C10H12CuO6S. The number of allylic oxidation sites excluding steroid dienone is 4. The van der Waals surface area contributed by atoms with Crippen molar-refractivity contribution in [3.63, 3.8) is 0 Å². The second kappa shape index (κ2) is 6.96. The van der Waals surface area contributed by atoms with Crippen LogP contribution in [0.15, 0.2) is 23.8 Å². The summed E-state index contributed by atoms with van der Waals surface area (Å²) in [5.74, 6) is -0.151. The monoisotopic (exact) mass is 323 g/mol. The van der Waals surface area contributed by atoms with E-state index in [1.54, 1.807) is 0 Å². The Morgan fingerprint density at radius 2 is 1.44 bits per heavy atom. The van der Waals surface area contributed by atoms with Crippen LogP contribution in [-0.2, 0) is 37.1 Å². The molecule has 0 spiro atoms. The molecule has 0 heterocycles. The Morgan fingerprint density at radius 3 is 1.72 bits per heavy atom. The van der Waals surface area contributed by atoms with Crippen LogP contribution in [-0.4, -0.2) is 29.1 Å². The topological polar surface area (TPSA) is 114 Å². The first-order valence-electron chi connectivity index (χ1n) is 4.56. The molecular weight excluding hydrogens is 312 g/mol. The summed E-state index contributed by atoms with van der Waals surface area (Å²) < 4.78 is 34.1. The third kappa shape index (κ3) is 9.26. The Kier molecular flexibility index (Phi) is 7.56. The van der Waals surface area contributed by atoms with E-state index in [1.807, 2.05) is 20.8 Å². The standard InChI is InChI=1S/C10H12O2.Cu.H2O4S/c1-10(2,3)8-6-7(11)4-5-9(8)12;;1-5(2,3)4/h4-6H,1-3H3;;(H2,1,2,3,4)/q;+2;/p-2. The molecule has 6 nitrogen and oxygen atoms in total. The molecule has 0 saturated heterocycles. The minimum absolute atomic E-state index is 0. The van der Waals surface area contributed by atoms with E-state index in [0.29, 0.717) is 5.57 Å². The molecule has 0 aliphatic heterocycles. The molecule has 1 aliphatic rings. The first-order valence-corrected chi connectivity index (χ1v) is 5.90. The van der Waals surface area contributed by atoms with E-state index in [0.717, 1.165) is 0 Å². The molecule has 0 unspecified atom stereocenters. The second-order valence-corrected chi connectivity index (χ2v) is 5.13. The van der Waals surface area contributed by atoms with Crippen molar-refractivity contribution in [3.8, 4) is 0 Å². The van der Waals surface area contributed by atoms with Crippen molar-refractivity contribution >= 4 is 22.0 Å². The van der Waals surface area contributed by atoms with Crippen molar-refractivity contribution in [3.05, 3.63) is 23.8 Å². The van der Waals surface area contributed by atoms with Gasteiger partial charge in [0.1, 0.15) is 0 Å². The van der Waals surface area contributed by atoms with Crippen molar-refractivity contribution in [2.24, 2.45) is 5.41 Å². The number of ketones is 2. The number of carbonyl (C=O) groups excluding carboxylic acids is 2. The normalized spacial score (nSPS) is 15.3. The summed E-state index contributed by atoms with van der Waals surface area (Å²) in [7, 11) is -5.17. The molecule has 1 rings (SSSR count). The van der Waals surface area contributed by atoms with E-state index in [1.165, 1.54) is 18.2 Å². The van der Waals surface area contributed by atoms with Gasteiger partial charge in [0, 0.05) is 16.0 Å². The van der Waals surface area contributed by atoms with E-state index in [2.05, 4.69) is 0 Å². The summed E-state index contributed by atoms with van der Waals surface area (Å²) in [6.07, 6.45) is 4.06. The van der Waals surface area contributed by atoms with Gasteiger partial charge in [-0.05, 0) is 23.6 Å².